The third-order valence-corrected chi connectivity index (χ3v) is 4.33. The Kier molecular flexibility index (Phi) is 7.71. The highest BCUT2D eigenvalue weighted by Gasteiger charge is 2.27. The highest BCUT2D eigenvalue weighted by atomic mass is 16.2. The van der Waals surface area contributed by atoms with E-state index in [1.165, 1.54) is 7.05 Å². The van der Waals surface area contributed by atoms with Crippen LogP contribution in [0.2, 0.25) is 0 Å². The van der Waals surface area contributed by atoms with Crippen LogP contribution in [0.1, 0.15) is 24.1 Å². The van der Waals surface area contributed by atoms with Crippen molar-refractivity contribution in [1.29, 1.82) is 0 Å². The molecule has 7 nitrogen and oxygen atoms in total. The fraction of sp³-hybridized carbons (Fsp3) is 0.286. The average molecular weight is 382 g/mol. The number of carbonyl (C=O) groups is 3. The number of likely N-dealkylation sites (N-methyl/N-ethyl adjacent to an activating group) is 1. The lowest BCUT2D eigenvalue weighted by atomic mass is 10.0. The van der Waals surface area contributed by atoms with Gasteiger partial charge in [0.05, 0.1) is 6.54 Å². The molecule has 2 aromatic carbocycles. The summed E-state index contributed by atoms with van der Waals surface area (Å²) < 4.78 is 0. The number of imide groups is 1. The predicted molar refractivity (Wildman–Crippen MR) is 109 cm³/mol. The van der Waals surface area contributed by atoms with Crippen molar-refractivity contribution in [2.45, 2.75) is 19.4 Å². The molecule has 0 unspecified atom stereocenters. The van der Waals surface area contributed by atoms with Crippen molar-refractivity contribution in [2.24, 2.45) is 0 Å². The monoisotopic (exact) mass is 382 g/mol. The molecule has 1 atom stereocenters. The van der Waals surface area contributed by atoms with Crippen LogP contribution in [-0.2, 0) is 16.0 Å². The summed E-state index contributed by atoms with van der Waals surface area (Å²) in [6.07, 6.45) is 0.799. The summed E-state index contributed by atoms with van der Waals surface area (Å²) in [5.41, 5.74) is 2.48. The molecular weight excluding hydrogens is 356 g/mol. The van der Waals surface area contributed by atoms with Crippen LogP contribution in [0.25, 0.3) is 0 Å². The summed E-state index contributed by atoms with van der Waals surface area (Å²) >= 11 is 0. The largest absolute Gasteiger partial charge is 0.341 e. The number of amides is 4. The van der Waals surface area contributed by atoms with Gasteiger partial charge in [0.2, 0.25) is 11.8 Å². The Hall–Kier alpha value is -3.19. The van der Waals surface area contributed by atoms with Crippen molar-refractivity contribution in [1.82, 2.24) is 15.5 Å². The van der Waals surface area contributed by atoms with Crippen LogP contribution >= 0.6 is 0 Å². The molecule has 0 radical (unpaired) electrons. The van der Waals surface area contributed by atoms with Crippen LogP contribution in [0.5, 0.6) is 0 Å². The maximum atomic E-state index is 12.6. The Morgan fingerprint density at radius 1 is 1.00 bits per heavy atom. The molecule has 0 saturated heterocycles. The second-order valence-electron chi connectivity index (χ2n) is 6.36. The molecular formula is C21H26N4O3. The zero-order chi connectivity index (χ0) is 20.5. The number of rotatable bonds is 7. The second-order valence-corrected chi connectivity index (χ2v) is 6.36. The molecule has 0 aromatic heterocycles. The number of nitrogens with one attached hydrogen (secondary N) is 3. The zero-order valence-electron chi connectivity index (χ0n) is 16.4. The molecule has 0 fully saturated rings. The average Bonchev–Trinajstić information content (AvgIpc) is 2.69. The minimum atomic E-state index is -0.786. The maximum absolute atomic E-state index is 12.6. The first-order valence-electron chi connectivity index (χ1n) is 9.11. The van der Waals surface area contributed by atoms with Crippen molar-refractivity contribution in [3.05, 3.63) is 65.7 Å². The fourth-order valence-corrected chi connectivity index (χ4v) is 2.94. The molecule has 148 valence electrons. The second kappa shape index (κ2) is 10.2. The van der Waals surface area contributed by atoms with Gasteiger partial charge >= 0.3 is 6.03 Å². The molecule has 0 heterocycles. The quantitative estimate of drug-likeness (QED) is 0.685. The number of hydrogen-bond donors (Lipinski definition) is 3. The summed E-state index contributed by atoms with van der Waals surface area (Å²) in [5.74, 6) is -0.744. The van der Waals surface area contributed by atoms with Crippen LogP contribution in [0, 0.1) is 0 Å². The van der Waals surface area contributed by atoms with Gasteiger partial charge in [-0.2, -0.15) is 0 Å². The van der Waals surface area contributed by atoms with Crippen LogP contribution in [0.3, 0.4) is 0 Å². The van der Waals surface area contributed by atoms with E-state index >= 15 is 0 Å². The van der Waals surface area contributed by atoms with Gasteiger partial charge in [-0.3, -0.25) is 19.8 Å². The summed E-state index contributed by atoms with van der Waals surface area (Å²) in [6, 6.07) is 15.2. The van der Waals surface area contributed by atoms with E-state index in [2.05, 4.69) is 16.0 Å². The van der Waals surface area contributed by atoms with E-state index in [-0.39, 0.29) is 12.5 Å². The molecule has 0 aliphatic rings. The molecule has 7 heteroatoms. The van der Waals surface area contributed by atoms with Gasteiger partial charge in [-0.15, -0.1) is 0 Å². The summed E-state index contributed by atoms with van der Waals surface area (Å²) in [6.45, 7) is 2.00. The van der Waals surface area contributed by atoms with Crippen molar-refractivity contribution in [3.8, 4) is 0 Å². The minimum absolute atomic E-state index is 0.0151. The first-order valence-corrected chi connectivity index (χ1v) is 9.11. The number of para-hydroxylation sites is 1. The molecule has 0 aliphatic heterocycles. The van der Waals surface area contributed by atoms with Gasteiger partial charge in [0.25, 0.3) is 0 Å². The SMILES string of the molecule is CCc1ccccc1NC(=O)CN(C)[C@@H](C(=O)NC(=O)NC)c1ccccc1. The van der Waals surface area contributed by atoms with Gasteiger partial charge in [0.15, 0.2) is 0 Å². The minimum Gasteiger partial charge on any atom is -0.341 e. The molecule has 0 spiro atoms. The molecule has 28 heavy (non-hydrogen) atoms. The fourth-order valence-electron chi connectivity index (χ4n) is 2.94. The van der Waals surface area contributed by atoms with Gasteiger partial charge in [-0.25, -0.2) is 4.79 Å². The lowest BCUT2D eigenvalue weighted by Crippen LogP contribution is -2.46. The highest BCUT2D eigenvalue weighted by molar-refractivity contribution is 5.98. The van der Waals surface area contributed by atoms with E-state index in [4.69, 9.17) is 0 Å². The number of aryl methyl sites for hydroxylation is 1. The summed E-state index contributed by atoms with van der Waals surface area (Å²) in [5, 5.41) is 7.54. The first kappa shape index (κ1) is 21.1. The van der Waals surface area contributed by atoms with Gasteiger partial charge in [-0.05, 0) is 30.7 Å². The molecule has 2 aromatic rings. The Labute approximate surface area is 165 Å². The van der Waals surface area contributed by atoms with E-state index in [9.17, 15) is 14.4 Å². The maximum Gasteiger partial charge on any atom is 0.321 e. The standard InChI is InChI=1S/C21H26N4O3/c1-4-15-10-8-9-13-17(15)23-18(26)14-25(3)19(16-11-6-5-7-12-16)20(27)24-21(28)22-2/h5-13,19H,4,14H2,1-3H3,(H,23,26)(H2,22,24,27,28)/t19-/m1/s1. The van der Waals surface area contributed by atoms with E-state index < -0.39 is 18.0 Å². The first-order chi connectivity index (χ1) is 13.5. The third kappa shape index (κ3) is 5.65. The molecule has 2 rings (SSSR count). The predicted octanol–water partition coefficient (Wildman–Crippen LogP) is 2.32. The summed E-state index contributed by atoms with van der Waals surface area (Å²) in [4.78, 5) is 38.4. The molecule has 0 saturated carbocycles. The molecule has 0 aliphatic carbocycles. The van der Waals surface area contributed by atoms with E-state index in [0.717, 1.165) is 17.7 Å². The van der Waals surface area contributed by atoms with Crippen LogP contribution in [0.15, 0.2) is 54.6 Å². The number of anilines is 1. The lowest BCUT2D eigenvalue weighted by molar-refractivity contribution is -0.126. The smallest absolute Gasteiger partial charge is 0.321 e. The van der Waals surface area contributed by atoms with Crippen molar-refractivity contribution in [2.75, 3.05) is 26.0 Å². The number of nitrogens with zero attached hydrogens (tertiary/aromatic N) is 1. The van der Waals surface area contributed by atoms with Crippen LogP contribution < -0.4 is 16.0 Å². The lowest BCUT2D eigenvalue weighted by Gasteiger charge is -2.26. The van der Waals surface area contributed by atoms with Gasteiger partial charge in [0.1, 0.15) is 6.04 Å². The Bertz CT molecular complexity index is 823. The number of carbonyl (C=O) groups excluding carboxylic acids is 3. The topological polar surface area (TPSA) is 90.5 Å². The van der Waals surface area contributed by atoms with Crippen molar-refractivity contribution < 1.29 is 14.4 Å². The van der Waals surface area contributed by atoms with Crippen LogP contribution in [-0.4, -0.2) is 43.4 Å². The number of benzene rings is 2. The highest BCUT2D eigenvalue weighted by Crippen LogP contribution is 2.20. The zero-order valence-corrected chi connectivity index (χ0v) is 16.4. The van der Waals surface area contributed by atoms with E-state index in [1.807, 2.05) is 37.3 Å². The Balaban J connectivity index is 2.15. The van der Waals surface area contributed by atoms with E-state index in [0.29, 0.717) is 5.56 Å². The molecule has 4 amide bonds. The Morgan fingerprint density at radius 2 is 1.64 bits per heavy atom. The van der Waals surface area contributed by atoms with Crippen LogP contribution in [0.4, 0.5) is 10.5 Å². The number of hydrogen-bond acceptors (Lipinski definition) is 4. The number of urea groups is 1. The van der Waals surface area contributed by atoms with Gasteiger partial charge in [0, 0.05) is 12.7 Å². The third-order valence-electron chi connectivity index (χ3n) is 4.33. The normalized spacial score (nSPS) is 11.6. The van der Waals surface area contributed by atoms with Gasteiger partial charge in [-0.1, -0.05) is 55.5 Å². The van der Waals surface area contributed by atoms with Crippen molar-refractivity contribution in [3.63, 3.8) is 0 Å². The molecule has 0 bridgehead atoms. The van der Waals surface area contributed by atoms with E-state index in [1.54, 1.807) is 36.2 Å². The van der Waals surface area contributed by atoms with Crippen molar-refractivity contribution >= 4 is 23.5 Å². The molecule has 3 N–H and O–H groups in total. The Morgan fingerprint density at radius 3 is 2.29 bits per heavy atom. The summed E-state index contributed by atoms with van der Waals surface area (Å²) in [7, 11) is 3.11. The van der Waals surface area contributed by atoms with Gasteiger partial charge < -0.3 is 10.6 Å².